The maximum Gasteiger partial charge on any atom is 0.0640 e. The topological polar surface area (TPSA) is 29.3 Å². The molecule has 1 aromatic rings. The maximum absolute atomic E-state index is 6.37. The third-order valence-corrected chi connectivity index (χ3v) is 5.54. The minimum atomic E-state index is 0.316. The number of fused-ring (bicyclic) bond motifs is 2. The molecule has 19 heavy (non-hydrogen) atoms. The van der Waals surface area contributed by atoms with Gasteiger partial charge < -0.3 is 5.73 Å². The van der Waals surface area contributed by atoms with Crippen molar-refractivity contribution < 1.29 is 0 Å². The number of halogens is 2. The summed E-state index contributed by atoms with van der Waals surface area (Å²) in [6, 6.07) is 7.83. The molecule has 0 radical (unpaired) electrons. The predicted octanol–water partition coefficient (Wildman–Crippen LogP) is 4.01. The summed E-state index contributed by atoms with van der Waals surface area (Å²) >= 11 is 12.5. The van der Waals surface area contributed by atoms with Gasteiger partial charge in [0.05, 0.1) is 10.0 Å². The van der Waals surface area contributed by atoms with Crippen LogP contribution >= 0.6 is 23.2 Å². The fourth-order valence-corrected chi connectivity index (χ4v) is 4.36. The normalized spacial score (nSPS) is 32.5. The van der Waals surface area contributed by atoms with Crippen molar-refractivity contribution in [3.05, 3.63) is 33.8 Å². The smallest absolute Gasteiger partial charge is 0.0640 e. The summed E-state index contributed by atoms with van der Waals surface area (Å²) in [7, 11) is 0. The minimum absolute atomic E-state index is 0.316. The van der Waals surface area contributed by atoms with E-state index in [1.165, 1.54) is 12.8 Å². The van der Waals surface area contributed by atoms with Crippen LogP contribution in [0.15, 0.2) is 18.2 Å². The molecule has 2 N–H and O–H groups in total. The lowest BCUT2D eigenvalue weighted by molar-refractivity contribution is 0.0854. The van der Waals surface area contributed by atoms with Crippen LogP contribution in [0.3, 0.4) is 0 Å². The molecule has 0 spiro atoms. The van der Waals surface area contributed by atoms with E-state index in [1.807, 2.05) is 12.1 Å². The predicted molar refractivity (Wildman–Crippen MR) is 80.7 cm³/mol. The fraction of sp³-hybridized carbons (Fsp3) is 0.600. The molecular formula is C15H20Cl2N2. The summed E-state index contributed by atoms with van der Waals surface area (Å²) in [4.78, 5) is 2.61. The van der Waals surface area contributed by atoms with E-state index in [1.54, 1.807) is 0 Å². The van der Waals surface area contributed by atoms with Gasteiger partial charge in [-0.1, -0.05) is 35.3 Å². The number of nitrogens with two attached hydrogens (primary N) is 1. The van der Waals surface area contributed by atoms with Crippen molar-refractivity contribution in [2.24, 2.45) is 5.73 Å². The van der Waals surface area contributed by atoms with Crippen LogP contribution < -0.4 is 5.73 Å². The first kappa shape index (κ1) is 13.7. The molecular weight excluding hydrogens is 279 g/mol. The lowest BCUT2D eigenvalue weighted by Crippen LogP contribution is -2.48. The molecule has 0 aliphatic carbocycles. The number of hydrogen-bond donors (Lipinski definition) is 1. The highest BCUT2D eigenvalue weighted by Gasteiger charge is 2.42. The van der Waals surface area contributed by atoms with E-state index < -0.39 is 0 Å². The number of piperidine rings is 1. The molecule has 3 rings (SSSR count). The molecule has 3 atom stereocenters. The van der Waals surface area contributed by atoms with Crippen molar-refractivity contribution in [1.82, 2.24) is 4.90 Å². The second kappa shape index (κ2) is 5.25. The van der Waals surface area contributed by atoms with Gasteiger partial charge in [0, 0.05) is 24.2 Å². The molecule has 2 fully saturated rings. The van der Waals surface area contributed by atoms with Gasteiger partial charge in [-0.3, -0.25) is 4.90 Å². The van der Waals surface area contributed by atoms with Gasteiger partial charge in [0.25, 0.3) is 0 Å². The molecule has 3 unspecified atom stereocenters. The first-order chi connectivity index (χ1) is 9.08. The maximum atomic E-state index is 6.37. The number of benzene rings is 1. The molecule has 2 saturated heterocycles. The molecule has 0 amide bonds. The van der Waals surface area contributed by atoms with Gasteiger partial charge in [0.2, 0.25) is 0 Å². The van der Waals surface area contributed by atoms with Crippen LogP contribution in [0.25, 0.3) is 0 Å². The molecule has 2 aliphatic heterocycles. The van der Waals surface area contributed by atoms with Gasteiger partial charge in [-0.15, -0.1) is 0 Å². The summed E-state index contributed by atoms with van der Waals surface area (Å²) in [6.45, 7) is 2.24. The first-order valence-electron chi connectivity index (χ1n) is 7.05. The zero-order valence-corrected chi connectivity index (χ0v) is 12.7. The van der Waals surface area contributed by atoms with Crippen LogP contribution in [0.1, 0.15) is 44.2 Å². The summed E-state index contributed by atoms with van der Waals surface area (Å²) in [5.41, 5.74) is 7.28. The minimum Gasteiger partial charge on any atom is -0.328 e. The second-order valence-corrected chi connectivity index (χ2v) is 6.67. The highest BCUT2D eigenvalue weighted by Crippen LogP contribution is 2.43. The Balaban J connectivity index is 1.88. The third-order valence-electron chi connectivity index (χ3n) is 4.70. The molecule has 0 aromatic heterocycles. The van der Waals surface area contributed by atoms with Gasteiger partial charge in [-0.2, -0.15) is 0 Å². The molecule has 1 aromatic carbocycles. The summed E-state index contributed by atoms with van der Waals surface area (Å²) < 4.78 is 0. The highest BCUT2D eigenvalue weighted by molar-refractivity contribution is 6.42. The molecule has 2 heterocycles. The van der Waals surface area contributed by atoms with Crippen LogP contribution in [0, 0.1) is 0 Å². The Morgan fingerprint density at radius 2 is 1.84 bits per heavy atom. The molecule has 104 valence electrons. The number of rotatable bonds is 2. The van der Waals surface area contributed by atoms with E-state index in [0.717, 1.165) is 18.4 Å². The van der Waals surface area contributed by atoms with Crippen LogP contribution in [0.5, 0.6) is 0 Å². The molecule has 2 bridgehead atoms. The lowest BCUT2D eigenvalue weighted by atomic mass is 9.94. The first-order valence-corrected chi connectivity index (χ1v) is 7.80. The van der Waals surface area contributed by atoms with Crippen LogP contribution in [0.2, 0.25) is 10.0 Å². The fourth-order valence-electron chi connectivity index (χ4n) is 3.89. The van der Waals surface area contributed by atoms with Crippen LogP contribution in [0.4, 0.5) is 0 Å². The third kappa shape index (κ3) is 2.40. The number of hydrogen-bond acceptors (Lipinski definition) is 2. The van der Waals surface area contributed by atoms with Crippen molar-refractivity contribution in [3.63, 3.8) is 0 Å². The van der Waals surface area contributed by atoms with E-state index in [2.05, 4.69) is 17.9 Å². The zero-order valence-electron chi connectivity index (χ0n) is 11.2. The van der Waals surface area contributed by atoms with E-state index >= 15 is 0 Å². The Kier molecular flexibility index (Phi) is 3.78. The molecule has 2 aliphatic rings. The zero-order chi connectivity index (χ0) is 13.6. The van der Waals surface area contributed by atoms with Crippen molar-refractivity contribution in [3.8, 4) is 0 Å². The Labute approximate surface area is 124 Å². The monoisotopic (exact) mass is 298 g/mol. The van der Waals surface area contributed by atoms with Gasteiger partial charge in [-0.25, -0.2) is 0 Å². The van der Waals surface area contributed by atoms with Gasteiger partial charge in [0.1, 0.15) is 0 Å². The van der Waals surface area contributed by atoms with E-state index in [4.69, 9.17) is 28.9 Å². The van der Waals surface area contributed by atoms with Crippen LogP contribution in [-0.4, -0.2) is 23.0 Å². The number of nitrogens with zero attached hydrogens (tertiary/aromatic N) is 1. The van der Waals surface area contributed by atoms with Crippen molar-refractivity contribution >= 4 is 23.2 Å². The molecule has 2 nitrogen and oxygen atoms in total. The van der Waals surface area contributed by atoms with Crippen molar-refractivity contribution in [2.75, 3.05) is 0 Å². The molecule has 0 saturated carbocycles. The van der Waals surface area contributed by atoms with Gasteiger partial charge in [0.15, 0.2) is 0 Å². The molecule has 4 heteroatoms. The standard InChI is InChI=1S/C15H20Cl2N2/c1-9(13-3-2-4-14(16)15(13)17)19-11-5-6-12(19)8-10(18)7-11/h2-4,9-12H,5-8,18H2,1H3. The van der Waals surface area contributed by atoms with E-state index in [-0.39, 0.29) is 0 Å². The Morgan fingerprint density at radius 1 is 1.21 bits per heavy atom. The van der Waals surface area contributed by atoms with Crippen LogP contribution in [-0.2, 0) is 0 Å². The van der Waals surface area contributed by atoms with Crippen molar-refractivity contribution in [1.29, 1.82) is 0 Å². The summed E-state index contributed by atoms with van der Waals surface area (Å²) in [6.07, 6.45) is 4.75. The average molecular weight is 299 g/mol. The SMILES string of the molecule is CC(c1cccc(Cl)c1Cl)N1C2CCC1CC(N)C2. The quantitative estimate of drug-likeness (QED) is 0.894. The van der Waals surface area contributed by atoms with Gasteiger partial charge in [-0.05, 0) is 44.2 Å². The largest absolute Gasteiger partial charge is 0.328 e. The Bertz CT molecular complexity index is 463. The van der Waals surface area contributed by atoms with Crippen molar-refractivity contribution in [2.45, 2.75) is 56.8 Å². The Morgan fingerprint density at radius 3 is 2.47 bits per heavy atom. The summed E-state index contributed by atoms with van der Waals surface area (Å²) in [5, 5.41) is 1.35. The lowest BCUT2D eigenvalue weighted by Gasteiger charge is -2.42. The highest BCUT2D eigenvalue weighted by atomic mass is 35.5. The Hall–Kier alpha value is -0.280. The van der Waals surface area contributed by atoms with E-state index in [0.29, 0.717) is 34.2 Å². The summed E-state index contributed by atoms with van der Waals surface area (Å²) in [5.74, 6) is 0. The second-order valence-electron chi connectivity index (χ2n) is 5.88. The van der Waals surface area contributed by atoms with E-state index in [9.17, 15) is 0 Å². The van der Waals surface area contributed by atoms with Gasteiger partial charge >= 0.3 is 0 Å². The average Bonchev–Trinajstić information content (AvgIpc) is 2.64.